The monoisotopic (exact) mass is 481 g/mol. The molecule has 1 heterocycles. The number of amides is 1. The van der Waals surface area contributed by atoms with Crippen molar-refractivity contribution in [3.05, 3.63) is 70.9 Å². The lowest BCUT2D eigenvalue weighted by atomic mass is 10.1. The molecule has 1 aromatic heterocycles. The Balaban J connectivity index is 1.53. The number of carbonyl (C=O) groups excluding carboxylic acids is 1. The molecule has 0 aliphatic carbocycles. The number of alkyl halides is 3. The molecule has 3 aromatic rings. The van der Waals surface area contributed by atoms with Crippen molar-refractivity contribution < 1.29 is 27.4 Å². The predicted octanol–water partition coefficient (Wildman–Crippen LogP) is 5.07. The molecule has 33 heavy (non-hydrogen) atoms. The first-order valence-electron chi connectivity index (χ1n) is 10.2. The zero-order valence-corrected chi connectivity index (χ0v) is 18.6. The van der Waals surface area contributed by atoms with E-state index in [4.69, 9.17) is 21.1 Å². The number of aryl methyl sites for hydroxylation is 1. The molecule has 0 bridgehead atoms. The maximum Gasteiger partial charge on any atom is 0.435 e. The summed E-state index contributed by atoms with van der Waals surface area (Å²) < 4.78 is 51.1. The molecule has 0 saturated carbocycles. The van der Waals surface area contributed by atoms with Crippen LogP contribution in [0.2, 0.25) is 5.02 Å². The highest BCUT2D eigenvalue weighted by Gasteiger charge is 2.36. The number of carbonyl (C=O) groups is 1. The van der Waals surface area contributed by atoms with Crippen molar-refractivity contribution in [3.8, 4) is 17.3 Å². The van der Waals surface area contributed by atoms with Crippen molar-refractivity contribution in [2.45, 2.75) is 25.4 Å². The Morgan fingerprint density at radius 3 is 2.58 bits per heavy atom. The summed E-state index contributed by atoms with van der Waals surface area (Å²) in [4.78, 5) is 12.1. The molecular formula is C23H23ClF3N3O3. The molecule has 10 heteroatoms. The zero-order valence-electron chi connectivity index (χ0n) is 17.9. The summed E-state index contributed by atoms with van der Waals surface area (Å²) in [5.74, 6) is 0.137. The average Bonchev–Trinajstić information content (AvgIpc) is 3.22. The van der Waals surface area contributed by atoms with Gasteiger partial charge in [-0.05, 0) is 43.0 Å². The van der Waals surface area contributed by atoms with Crippen LogP contribution < -0.4 is 14.8 Å². The lowest BCUT2D eigenvalue weighted by molar-refractivity contribution is -0.141. The third kappa shape index (κ3) is 6.64. The van der Waals surface area contributed by atoms with E-state index in [1.807, 2.05) is 24.3 Å². The molecule has 0 unspecified atom stereocenters. The van der Waals surface area contributed by atoms with Crippen molar-refractivity contribution in [3.63, 3.8) is 0 Å². The Morgan fingerprint density at radius 1 is 1.12 bits per heavy atom. The lowest BCUT2D eigenvalue weighted by Crippen LogP contribution is -2.30. The molecule has 2 aromatic carbocycles. The van der Waals surface area contributed by atoms with Crippen molar-refractivity contribution in [2.24, 2.45) is 0 Å². The van der Waals surface area contributed by atoms with Crippen LogP contribution in [0, 0.1) is 0 Å². The number of halogens is 4. The van der Waals surface area contributed by atoms with Gasteiger partial charge in [-0.15, -0.1) is 0 Å². The molecule has 3 rings (SSSR count). The third-order valence-electron chi connectivity index (χ3n) is 4.79. The SMILES string of the molecule is COc1ccccc1CCCCNC(=O)COc1cc(C(F)(F)F)nn1-c1ccccc1Cl. The smallest absolute Gasteiger partial charge is 0.435 e. The molecule has 0 spiro atoms. The summed E-state index contributed by atoms with van der Waals surface area (Å²) in [5.41, 5.74) is 0.151. The van der Waals surface area contributed by atoms with E-state index in [0.29, 0.717) is 6.54 Å². The summed E-state index contributed by atoms with van der Waals surface area (Å²) in [6.45, 7) is -0.0468. The number of unbranched alkanes of at least 4 members (excludes halogenated alkanes) is 1. The topological polar surface area (TPSA) is 65.4 Å². The highest BCUT2D eigenvalue weighted by molar-refractivity contribution is 6.32. The molecule has 0 aliphatic heterocycles. The summed E-state index contributed by atoms with van der Waals surface area (Å²) in [6, 6.07) is 14.7. The van der Waals surface area contributed by atoms with Crippen LogP contribution >= 0.6 is 11.6 Å². The van der Waals surface area contributed by atoms with Gasteiger partial charge in [-0.2, -0.15) is 23.0 Å². The average molecular weight is 482 g/mol. The first kappa shape index (κ1) is 24.4. The normalized spacial score (nSPS) is 11.3. The highest BCUT2D eigenvalue weighted by Crippen LogP contribution is 2.33. The van der Waals surface area contributed by atoms with E-state index in [1.165, 1.54) is 12.1 Å². The fourth-order valence-electron chi connectivity index (χ4n) is 3.17. The van der Waals surface area contributed by atoms with Gasteiger partial charge in [-0.1, -0.05) is 41.9 Å². The predicted molar refractivity (Wildman–Crippen MR) is 118 cm³/mol. The number of nitrogens with one attached hydrogen (secondary N) is 1. The number of para-hydroxylation sites is 2. The zero-order chi connectivity index (χ0) is 23.8. The summed E-state index contributed by atoms with van der Waals surface area (Å²) >= 11 is 6.09. The number of benzene rings is 2. The van der Waals surface area contributed by atoms with Gasteiger partial charge in [-0.3, -0.25) is 4.79 Å². The first-order valence-corrected chi connectivity index (χ1v) is 10.6. The van der Waals surface area contributed by atoms with Gasteiger partial charge in [0.25, 0.3) is 5.91 Å². The number of methoxy groups -OCH3 is 1. The van der Waals surface area contributed by atoms with Crippen LogP contribution in [0.25, 0.3) is 5.69 Å². The number of nitrogens with zero attached hydrogens (tertiary/aromatic N) is 2. The largest absolute Gasteiger partial charge is 0.496 e. The van der Waals surface area contributed by atoms with Crippen LogP contribution in [-0.4, -0.2) is 35.9 Å². The van der Waals surface area contributed by atoms with Gasteiger partial charge < -0.3 is 14.8 Å². The van der Waals surface area contributed by atoms with E-state index < -0.39 is 24.4 Å². The summed E-state index contributed by atoms with van der Waals surface area (Å²) in [6.07, 6.45) is -2.32. The first-order chi connectivity index (χ1) is 15.8. The van der Waals surface area contributed by atoms with Crippen LogP contribution in [0.5, 0.6) is 11.6 Å². The van der Waals surface area contributed by atoms with Gasteiger partial charge in [0.2, 0.25) is 5.88 Å². The van der Waals surface area contributed by atoms with Crippen molar-refractivity contribution in [1.82, 2.24) is 15.1 Å². The van der Waals surface area contributed by atoms with E-state index in [9.17, 15) is 18.0 Å². The van der Waals surface area contributed by atoms with Crippen LogP contribution in [0.4, 0.5) is 13.2 Å². The van der Waals surface area contributed by atoms with Gasteiger partial charge in [0.05, 0.1) is 17.8 Å². The Morgan fingerprint density at radius 2 is 1.85 bits per heavy atom. The van der Waals surface area contributed by atoms with Gasteiger partial charge in [0.1, 0.15) is 5.75 Å². The second kappa shape index (κ2) is 11.1. The van der Waals surface area contributed by atoms with E-state index in [0.717, 1.165) is 41.3 Å². The molecule has 0 atom stereocenters. The van der Waals surface area contributed by atoms with E-state index >= 15 is 0 Å². The minimum atomic E-state index is -4.67. The number of aromatic nitrogens is 2. The van der Waals surface area contributed by atoms with Crippen LogP contribution in [0.15, 0.2) is 54.6 Å². The highest BCUT2D eigenvalue weighted by atomic mass is 35.5. The van der Waals surface area contributed by atoms with E-state index in [-0.39, 0.29) is 16.6 Å². The maximum absolute atomic E-state index is 13.2. The molecular weight excluding hydrogens is 459 g/mol. The Kier molecular flexibility index (Phi) is 8.21. The fourth-order valence-corrected chi connectivity index (χ4v) is 3.39. The van der Waals surface area contributed by atoms with Crippen LogP contribution in [0.3, 0.4) is 0 Å². The third-order valence-corrected chi connectivity index (χ3v) is 5.11. The number of ether oxygens (including phenoxy) is 2. The molecule has 6 nitrogen and oxygen atoms in total. The number of hydrogen-bond donors (Lipinski definition) is 1. The van der Waals surface area contributed by atoms with Gasteiger partial charge in [-0.25, -0.2) is 0 Å². The van der Waals surface area contributed by atoms with Crippen molar-refractivity contribution in [1.29, 1.82) is 0 Å². The molecule has 176 valence electrons. The van der Waals surface area contributed by atoms with Crippen molar-refractivity contribution >= 4 is 17.5 Å². The minimum absolute atomic E-state index is 0.193. The Bertz CT molecular complexity index is 1090. The maximum atomic E-state index is 13.2. The lowest BCUT2D eigenvalue weighted by Gasteiger charge is -2.11. The van der Waals surface area contributed by atoms with Gasteiger partial charge in [0.15, 0.2) is 12.3 Å². The molecule has 0 saturated heterocycles. The van der Waals surface area contributed by atoms with E-state index in [1.54, 1.807) is 19.2 Å². The van der Waals surface area contributed by atoms with Crippen molar-refractivity contribution in [2.75, 3.05) is 20.3 Å². The summed E-state index contributed by atoms with van der Waals surface area (Å²) in [7, 11) is 1.62. The second-order valence-electron chi connectivity index (χ2n) is 7.14. The van der Waals surface area contributed by atoms with Crippen LogP contribution in [-0.2, 0) is 17.4 Å². The minimum Gasteiger partial charge on any atom is -0.496 e. The quantitative estimate of drug-likeness (QED) is 0.411. The molecule has 1 N–H and O–H groups in total. The van der Waals surface area contributed by atoms with Gasteiger partial charge in [0, 0.05) is 12.6 Å². The fraction of sp³-hybridized carbons (Fsp3) is 0.304. The second-order valence-corrected chi connectivity index (χ2v) is 7.54. The Hall–Kier alpha value is -3.20. The standard InChI is InChI=1S/C23H23ClF3N3O3/c1-32-19-12-5-2-8-16(19)9-6-7-13-28-21(31)15-33-22-14-20(23(25,26)27)29-30(22)18-11-4-3-10-17(18)24/h2-5,8,10-12,14H,6-7,9,13,15H2,1H3,(H,28,31). The van der Waals surface area contributed by atoms with E-state index in [2.05, 4.69) is 10.4 Å². The van der Waals surface area contributed by atoms with Gasteiger partial charge >= 0.3 is 6.18 Å². The Labute approximate surface area is 194 Å². The molecule has 0 radical (unpaired) electrons. The summed E-state index contributed by atoms with van der Waals surface area (Å²) in [5, 5.41) is 6.46. The number of rotatable bonds is 10. The molecule has 1 amide bonds. The molecule has 0 aliphatic rings. The molecule has 0 fully saturated rings. The van der Waals surface area contributed by atoms with Crippen LogP contribution in [0.1, 0.15) is 24.1 Å². The number of hydrogen-bond acceptors (Lipinski definition) is 4.